The van der Waals surface area contributed by atoms with Crippen molar-refractivity contribution in [2.24, 2.45) is 0 Å². The molecule has 1 aromatic carbocycles. The molecule has 0 radical (unpaired) electrons. The second-order valence-corrected chi connectivity index (χ2v) is 5.00. The first-order valence-corrected chi connectivity index (χ1v) is 7.08. The van der Waals surface area contributed by atoms with Crippen LogP contribution in [0.15, 0.2) is 24.3 Å². The second kappa shape index (κ2) is 6.43. The molecule has 5 nitrogen and oxygen atoms in total. The molecule has 1 amide bonds. The summed E-state index contributed by atoms with van der Waals surface area (Å²) in [4.78, 5) is 19.5. The van der Waals surface area contributed by atoms with Crippen molar-refractivity contribution >= 4 is 5.91 Å². The maximum Gasteiger partial charge on any atom is 0.272 e. The van der Waals surface area contributed by atoms with Crippen LogP contribution in [0.1, 0.15) is 47.5 Å². The van der Waals surface area contributed by atoms with Gasteiger partial charge in [0, 0.05) is 5.69 Å². The highest BCUT2D eigenvalue weighted by Gasteiger charge is 2.16. The van der Waals surface area contributed by atoms with Gasteiger partial charge in [-0.25, -0.2) is 4.98 Å². The van der Waals surface area contributed by atoms with E-state index in [-0.39, 0.29) is 11.9 Å². The number of hydrogen-bond acceptors (Lipinski definition) is 3. The minimum absolute atomic E-state index is 0.116. The van der Waals surface area contributed by atoms with E-state index in [9.17, 15) is 4.79 Å². The second-order valence-electron chi connectivity index (χ2n) is 5.00. The van der Waals surface area contributed by atoms with Gasteiger partial charge in [-0.2, -0.15) is 0 Å². The van der Waals surface area contributed by atoms with E-state index in [4.69, 9.17) is 4.74 Å². The van der Waals surface area contributed by atoms with Crippen molar-refractivity contribution in [2.75, 3.05) is 6.61 Å². The van der Waals surface area contributed by atoms with Gasteiger partial charge in [-0.3, -0.25) is 4.79 Å². The Morgan fingerprint density at radius 1 is 1.43 bits per heavy atom. The Morgan fingerprint density at radius 2 is 2.19 bits per heavy atom. The SMILES string of the molecule is CCOc1cccc(C(C)NC(=O)c2nc(C)[nH]c2C)c1. The number of rotatable bonds is 5. The summed E-state index contributed by atoms with van der Waals surface area (Å²) in [6.07, 6.45) is 0. The Hall–Kier alpha value is -2.30. The van der Waals surface area contributed by atoms with Crippen molar-refractivity contribution < 1.29 is 9.53 Å². The standard InChI is InChI=1S/C16H21N3O2/c1-5-21-14-8-6-7-13(9-14)10(2)18-16(20)15-11(3)17-12(4)19-15/h6-10H,5H2,1-4H3,(H,17,19)(H,18,20). The smallest absolute Gasteiger partial charge is 0.272 e. The number of amides is 1. The van der Waals surface area contributed by atoms with Crippen LogP contribution in [-0.2, 0) is 0 Å². The number of aromatic amines is 1. The first kappa shape index (κ1) is 15.1. The fourth-order valence-electron chi connectivity index (χ4n) is 2.22. The number of nitrogens with zero attached hydrogens (tertiary/aromatic N) is 1. The molecule has 1 unspecified atom stereocenters. The molecule has 0 fully saturated rings. The summed E-state index contributed by atoms with van der Waals surface area (Å²) < 4.78 is 5.48. The number of carbonyl (C=O) groups is 1. The van der Waals surface area contributed by atoms with E-state index in [0.717, 1.165) is 22.8 Å². The molecule has 0 aliphatic heterocycles. The molecule has 2 aromatic rings. The van der Waals surface area contributed by atoms with Gasteiger partial charge in [0.05, 0.1) is 12.6 Å². The van der Waals surface area contributed by atoms with Crippen LogP contribution in [0, 0.1) is 13.8 Å². The van der Waals surface area contributed by atoms with E-state index >= 15 is 0 Å². The normalized spacial score (nSPS) is 12.0. The molecule has 112 valence electrons. The zero-order valence-electron chi connectivity index (χ0n) is 12.9. The Labute approximate surface area is 124 Å². The first-order chi connectivity index (χ1) is 10.0. The molecule has 5 heteroatoms. The molecule has 0 saturated heterocycles. The van der Waals surface area contributed by atoms with Crippen LogP contribution in [0.5, 0.6) is 5.75 Å². The summed E-state index contributed by atoms with van der Waals surface area (Å²) in [6, 6.07) is 7.62. The summed E-state index contributed by atoms with van der Waals surface area (Å²) >= 11 is 0. The van der Waals surface area contributed by atoms with Crippen LogP contribution in [0.25, 0.3) is 0 Å². The highest BCUT2D eigenvalue weighted by Crippen LogP contribution is 2.19. The molecule has 0 saturated carbocycles. The summed E-state index contributed by atoms with van der Waals surface area (Å²) in [5, 5.41) is 2.96. The molecular formula is C16H21N3O2. The van der Waals surface area contributed by atoms with Crippen LogP contribution < -0.4 is 10.1 Å². The topological polar surface area (TPSA) is 67.0 Å². The van der Waals surface area contributed by atoms with Gasteiger partial charge in [-0.1, -0.05) is 12.1 Å². The van der Waals surface area contributed by atoms with Gasteiger partial charge < -0.3 is 15.0 Å². The third-order valence-electron chi connectivity index (χ3n) is 3.23. The maximum absolute atomic E-state index is 12.2. The largest absolute Gasteiger partial charge is 0.494 e. The predicted octanol–water partition coefficient (Wildman–Crippen LogP) is 2.92. The third-order valence-corrected chi connectivity index (χ3v) is 3.23. The maximum atomic E-state index is 12.2. The minimum atomic E-state index is -0.175. The third kappa shape index (κ3) is 3.62. The molecule has 0 aliphatic rings. The summed E-state index contributed by atoms with van der Waals surface area (Å²) in [5.41, 5.74) is 2.22. The van der Waals surface area contributed by atoms with Gasteiger partial charge in [-0.05, 0) is 45.4 Å². The number of aromatic nitrogens is 2. The predicted molar refractivity (Wildman–Crippen MR) is 81.6 cm³/mol. The average molecular weight is 287 g/mol. The van der Waals surface area contributed by atoms with E-state index < -0.39 is 0 Å². The van der Waals surface area contributed by atoms with Crippen LogP contribution in [0.3, 0.4) is 0 Å². The van der Waals surface area contributed by atoms with Crippen LogP contribution >= 0.6 is 0 Å². The number of benzene rings is 1. The van der Waals surface area contributed by atoms with E-state index in [1.54, 1.807) is 0 Å². The Bertz CT molecular complexity index is 634. The van der Waals surface area contributed by atoms with Gasteiger partial charge in [0.15, 0.2) is 0 Å². The number of aryl methyl sites for hydroxylation is 2. The van der Waals surface area contributed by atoms with Gasteiger partial charge in [0.1, 0.15) is 17.3 Å². The molecule has 1 heterocycles. The van der Waals surface area contributed by atoms with Crippen LogP contribution in [0.2, 0.25) is 0 Å². The number of hydrogen-bond donors (Lipinski definition) is 2. The zero-order chi connectivity index (χ0) is 15.4. The van der Waals surface area contributed by atoms with Gasteiger partial charge in [0.25, 0.3) is 5.91 Å². The molecule has 0 aliphatic carbocycles. The lowest BCUT2D eigenvalue weighted by Gasteiger charge is -2.15. The number of imidazole rings is 1. The lowest BCUT2D eigenvalue weighted by atomic mass is 10.1. The summed E-state index contributed by atoms with van der Waals surface area (Å²) in [6.45, 7) is 8.18. The molecular weight excluding hydrogens is 266 g/mol. The quantitative estimate of drug-likeness (QED) is 0.888. The number of H-pyrrole nitrogens is 1. The van der Waals surface area contributed by atoms with Gasteiger partial charge in [-0.15, -0.1) is 0 Å². The highest BCUT2D eigenvalue weighted by molar-refractivity contribution is 5.93. The number of nitrogens with one attached hydrogen (secondary N) is 2. The Balaban J connectivity index is 2.10. The van der Waals surface area contributed by atoms with Crippen molar-refractivity contribution in [3.63, 3.8) is 0 Å². The molecule has 1 aromatic heterocycles. The summed E-state index contributed by atoms with van der Waals surface area (Å²) in [5.74, 6) is 1.37. The monoisotopic (exact) mass is 287 g/mol. The fourth-order valence-corrected chi connectivity index (χ4v) is 2.22. The minimum Gasteiger partial charge on any atom is -0.494 e. The van der Waals surface area contributed by atoms with Crippen LogP contribution in [0.4, 0.5) is 0 Å². The van der Waals surface area contributed by atoms with Gasteiger partial charge >= 0.3 is 0 Å². The van der Waals surface area contributed by atoms with E-state index in [0.29, 0.717) is 12.3 Å². The van der Waals surface area contributed by atoms with E-state index in [2.05, 4.69) is 15.3 Å². The number of carbonyl (C=O) groups excluding carboxylic acids is 1. The van der Waals surface area contributed by atoms with Crippen molar-refractivity contribution in [1.82, 2.24) is 15.3 Å². The molecule has 2 N–H and O–H groups in total. The van der Waals surface area contributed by atoms with E-state index in [1.165, 1.54) is 0 Å². The van der Waals surface area contributed by atoms with Crippen molar-refractivity contribution in [3.05, 3.63) is 47.0 Å². The average Bonchev–Trinajstić information content (AvgIpc) is 2.78. The molecule has 0 bridgehead atoms. The van der Waals surface area contributed by atoms with Crippen molar-refractivity contribution in [1.29, 1.82) is 0 Å². The Kier molecular flexibility index (Phi) is 4.62. The lowest BCUT2D eigenvalue weighted by Crippen LogP contribution is -2.27. The molecule has 2 rings (SSSR count). The summed E-state index contributed by atoms with van der Waals surface area (Å²) in [7, 11) is 0. The van der Waals surface area contributed by atoms with E-state index in [1.807, 2.05) is 52.0 Å². The van der Waals surface area contributed by atoms with Crippen molar-refractivity contribution in [3.8, 4) is 5.75 Å². The zero-order valence-corrected chi connectivity index (χ0v) is 12.9. The highest BCUT2D eigenvalue weighted by atomic mass is 16.5. The molecule has 0 spiro atoms. The number of ether oxygens (including phenoxy) is 1. The molecule has 21 heavy (non-hydrogen) atoms. The molecule has 1 atom stereocenters. The van der Waals surface area contributed by atoms with Crippen LogP contribution in [-0.4, -0.2) is 22.5 Å². The fraction of sp³-hybridized carbons (Fsp3) is 0.375. The Morgan fingerprint density at radius 3 is 2.81 bits per heavy atom. The van der Waals surface area contributed by atoms with Gasteiger partial charge in [0.2, 0.25) is 0 Å². The van der Waals surface area contributed by atoms with Crippen molar-refractivity contribution in [2.45, 2.75) is 33.7 Å². The lowest BCUT2D eigenvalue weighted by molar-refractivity contribution is 0.0934. The first-order valence-electron chi connectivity index (χ1n) is 7.08.